The number of thiazole rings is 1. The summed E-state index contributed by atoms with van der Waals surface area (Å²) >= 11 is 5.32. The maximum atomic E-state index is 5.31. The molecule has 0 unspecified atom stereocenters. The van der Waals surface area contributed by atoms with Gasteiger partial charge in [0.1, 0.15) is 5.01 Å². The molecule has 0 aliphatic carbocycles. The first-order valence-electron chi connectivity index (χ1n) is 10.5. The summed E-state index contributed by atoms with van der Waals surface area (Å²) in [6, 6.07) is 14.9. The quantitative estimate of drug-likeness (QED) is 0.241. The van der Waals surface area contributed by atoms with Crippen molar-refractivity contribution in [3.05, 3.63) is 64.7 Å². The second kappa shape index (κ2) is 9.19. The van der Waals surface area contributed by atoms with Gasteiger partial charge in [0.05, 0.1) is 18.9 Å². The molecule has 0 saturated heterocycles. The van der Waals surface area contributed by atoms with Crippen molar-refractivity contribution in [3.8, 4) is 21.8 Å². The number of para-hydroxylation sites is 1. The maximum absolute atomic E-state index is 5.31. The highest BCUT2D eigenvalue weighted by Gasteiger charge is 2.17. The Morgan fingerprint density at radius 1 is 0.875 bits per heavy atom. The van der Waals surface area contributed by atoms with Crippen LogP contribution in [0.15, 0.2) is 64.7 Å². The van der Waals surface area contributed by atoms with E-state index < -0.39 is 0 Å². The first kappa shape index (κ1) is 21.4. The maximum Gasteiger partial charge on any atom is 0.126 e. The third kappa shape index (κ3) is 3.90. The van der Waals surface area contributed by atoms with Gasteiger partial charge < -0.3 is 18.6 Å². The molecule has 0 radical (unpaired) electrons. The van der Waals surface area contributed by atoms with Crippen LogP contribution >= 0.6 is 27.3 Å². The van der Waals surface area contributed by atoms with Crippen molar-refractivity contribution in [2.75, 3.05) is 27.4 Å². The van der Waals surface area contributed by atoms with Crippen LogP contribution in [0.25, 0.3) is 43.6 Å². The molecule has 3 heterocycles. The van der Waals surface area contributed by atoms with Gasteiger partial charge in [-0.3, -0.25) is 0 Å². The minimum atomic E-state index is 0.670. The smallest absolute Gasteiger partial charge is 0.126 e. The number of fused-ring (bicyclic) bond motifs is 2. The predicted molar refractivity (Wildman–Crippen MR) is 135 cm³/mol. The van der Waals surface area contributed by atoms with Crippen LogP contribution in [0.5, 0.6) is 0 Å². The normalized spacial score (nSPS) is 11.7. The lowest BCUT2D eigenvalue weighted by Crippen LogP contribution is -2.02. The highest BCUT2D eigenvalue weighted by Crippen LogP contribution is 2.38. The molecule has 164 valence electrons. The van der Waals surface area contributed by atoms with E-state index in [9.17, 15) is 0 Å². The van der Waals surface area contributed by atoms with Crippen molar-refractivity contribution in [2.45, 2.75) is 13.1 Å². The molecular weight excluding hydrogens is 486 g/mol. The lowest BCUT2D eigenvalue weighted by molar-refractivity contribution is 0.188. The average molecular weight is 510 g/mol. The topological polar surface area (TPSA) is 41.2 Å². The third-order valence-corrected chi connectivity index (χ3v) is 7.08. The molecule has 7 heteroatoms. The first-order chi connectivity index (χ1) is 15.7. The van der Waals surface area contributed by atoms with E-state index in [1.807, 2.05) is 0 Å². The Hall–Kier alpha value is -2.45. The Morgan fingerprint density at radius 2 is 1.56 bits per heavy atom. The number of rotatable bonds is 8. The summed E-state index contributed by atoms with van der Waals surface area (Å²) in [6.45, 7) is 2.97. The Bertz CT molecular complexity index is 1380. The van der Waals surface area contributed by atoms with Gasteiger partial charge in [0.25, 0.3) is 0 Å². The number of ether oxygens (including phenoxy) is 2. The van der Waals surface area contributed by atoms with Gasteiger partial charge in [-0.15, -0.1) is 11.3 Å². The van der Waals surface area contributed by atoms with Gasteiger partial charge in [0, 0.05) is 82.5 Å². The van der Waals surface area contributed by atoms with Crippen LogP contribution in [0.2, 0.25) is 0 Å². The van der Waals surface area contributed by atoms with E-state index in [1.165, 1.54) is 21.8 Å². The summed E-state index contributed by atoms with van der Waals surface area (Å²) in [7, 11) is 3.47. The molecule has 0 bridgehead atoms. The van der Waals surface area contributed by atoms with Crippen molar-refractivity contribution >= 4 is 49.1 Å². The molecule has 0 atom stereocenters. The highest BCUT2D eigenvalue weighted by atomic mass is 79.9. The molecule has 0 aliphatic rings. The van der Waals surface area contributed by atoms with Gasteiger partial charge in [0.15, 0.2) is 0 Å². The second-order valence-electron chi connectivity index (χ2n) is 7.67. The molecule has 2 aromatic carbocycles. The molecule has 5 rings (SSSR count). The SMILES string of the molecule is COCCn1cc(-c2csc(-c3cn(CCOC)c4ccc(Br)cc34)n2)c2ccccc21. The highest BCUT2D eigenvalue weighted by molar-refractivity contribution is 9.10. The van der Waals surface area contributed by atoms with Crippen molar-refractivity contribution in [3.63, 3.8) is 0 Å². The lowest BCUT2D eigenvalue weighted by atomic mass is 10.1. The lowest BCUT2D eigenvalue weighted by Gasteiger charge is -2.03. The molecule has 0 N–H and O–H groups in total. The number of aromatic nitrogens is 3. The number of halogens is 1. The van der Waals surface area contributed by atoms with Crippen LogP contribution in [-0.4, -0.2) is 41.6 Å². The third-order valence-electron chi connectivity index (χ3n) is 5.71. The van der Waals surface area contributed by atoms with Gasteiger partial charge >= 0.3 is 0 Å². The first-order valence-corrected chi connectivity index (χ1v) is 12.2. The van der Waals surface area contributed by atoms with Crippen molar-refractivity contribution in [2.24, 2.45) is 0 Å². The summed E-state index contributed by atoms with van der Waals surface area (Å²) in [4.78, 5) is 5.08. The zero-order chi connectivity index (χ0) is 22.1. The van der Waals surface area contributed by atoms with Crippen LogP contribution in [0, 0.1) is 0 Å². The van der Waals surface area contributed by atoms with Crippen LogP contribution in [0.1, 0.15) is 0 Å². The van der Waals surface area contributed by atoms with Gasteiger partial charge in [-0.05, 0) is 24.3 Å². The van der Waals surface area contributed by atoms with Crippen LogP contribution in [-0.2, 0) is 22.6 Å². The summed E-state index contributed by atoms with van der Waals surface area (Å²) < 4.78 is 16.2. The van der Waals surface area contributed by atoms with Crippen LogP contribution < -0.4 is 0 Å². The molecule has 32 heavy (non-hydrogen) atoms. The average Bonchev–Trinajstić information content (AvgIpc) is 3.51. The Balaban J connectivity index is 1.59. The summed E-state index contributed by atoms with van der Waals surface area (Å²) in [6.07, 6.45) is 4.39. The minimum absolute atomic E-state index is 0.670. The number of nitrogens with zero attached hydrogens (tertiary/aromatic N) is 3. The molecular formula is C25H24BrN3O2S. The summed E-state index contributed by atoms with van der Waals surface area (Å²) in [5.74, 6) is 0. The van der Waals surface area contributed by atoms with Gasteiger partial charge in [-0.25, -0.2) is 4.98 Å². The molecule has 0 saturated carbocycles. The second-order valence-corrected chi connectivity index (χ2v) is 9.45. The van der Waals surface area contributed by atoms with E-state index in [4.69, 9.17) is 14.5 Å². The fraction of sp³-hybridized carbons (Fsp3) is 0.240. The van der Waals surface area contributed by atoms with Crippen molar-refractivity contribution in [1.29, 1.82) is 0 Å². The Kier molecular flexibility index (Phi) is 6.15. The van der Waals surface area contributed by atoms with E-state index in [0.717, 1.165) is 39.4 Å². The number of methoxy groups -OCH3 is 2. The molecule has 5 nitrogen and oxygen atoms in total. The summed E-state index contributed by atoms with van der Waals surface area (Å²) in [5.41, 5.74) is 5.70. The van der Waals surface area contributed by atoms with Gasteiger partial charge in [0.2, 0.25) is 0 Å². The number of benzene rings is 2. The van der Waals surface area contributed by atoms with Crippen molar-refractivity contribution in [1.82, 2.24) is 14.1 Å². The monoisotopic (exact) mass is 509 g/mol. The largest absolute Gasteiger partial charge is 0.383 e. The molecule has 5 aromatic rings. The van der Waals surface area contributed by atoms with Crippen LogP contribution in [0.4, 0.5) is 0 Å². The van der Waals surface area contributed by atoms with E-state index in [0.29, 0.717) is 13.2 Å². The van der Waals surface area contributed by atoms with Gasteiger partial charge in [-0.1, -0.05) is 34.1 Å². The molecule has 0 aliphatic heterocycles. The van der Waals surface area contributed by atoms with E-state index >= 15 is 0 Å². The van der Waals surface area contributed by atoms with E-state index in [1.54, 1.807) is 25.6 Å². The Labute approximate surface area is 199 Å². The van der Waals surface area contributed by atoms with Crippen LogP contribution in [0.3, 0.4) is 0 Å². The molecule has 0 fully saturated rings. The summed E-state index contributed by atoms with van der Waals surface area (Å²) in [5, 5.41) is 5.59. The van der Waals surface area contributed by atoms with Gasteiger partial charge in [-0.2, -0.15) is 0 Å². The Morgan fingerprint density at radius 3 is 2.31 bits per heavy atom. The van der Waals surface area contributed by atoms with Crippen molar-refractivity contribution < 1.29 is 9.47 Å². The van der Waals surface area contributed by atoms with E-state index in [-0.39, 0.29) is 0 Å². The molecule has 0 amide bonds. The zero-order valence-electron chi connectivity index (χ0n) is 18.0. The predicted octanol–water partition coefficient (Wildman–Crippen LogP) is 6.44. The number of hydrogen-bond donors (Lipinski definition) is 0. The number of hydrogen-bond acceptors (Lipinski definition) is 4. The molecule has 3 aromatic heterocycles. The minimum Gasteiger partial charge on any atom is -0.383 e. The zero-order valence-corrected chi connectivity index (χ0v) is 20.4. The fourth-order valence-corrected chi connectivity index (χ4v) is 5.37. The fourth-order valence-electron chi connectivity index (χ4n) is 4.16. The standard InChI is InChI=1S/C25H24BrN3O2S/c1-30-11-9-28-14-20(18-5-3-4-6-23(18)28)22-16-32-25(27-22)21-15-29(10-12-31-2)24-8-7-17(26)13-19(21)24/h3-8,13-16H,9-12H2,1-2H3. The molecule has 0 spiro atoms. The van der Waals surface area contributed by atoms with E-state index in [2.05, 4.69) is 85.3 Å².